The van der Waals surface area contributed by atoms with Gasteiger partial charge in [-0.2, -0.15) is 4.31 Å². The third-order valence-electron chi connectivity index (χ3n) is 4.91. The van der Waals surface area contributed by atoms with Crippen molar-refractivity contribution < 1.29 is 13.2 Å². The molecular formula is C22H27N3O3S. The van der Waals surface area contributed by atoms with E-state index in [9.17, 15) is 13.2 Å². The number of piperazine rings is 1. The fraction of sp³-hybridized carbons (Fsp3) is 0.318. The van der Waals surface area contributed by atoms with Crippen molar-refractivity contribution in [2.24, 2.45) is 0 Å². The summed E-state index contributed by atoms with van der Waals surface area (Å²) in [5.74, 6) is -0.0847. The number of hydrogen-bond acceptors (Lipinski definition) is 4. The van der Waals surface area contributed by atoms with Crippen molar-refractivity contribution in [3.8, 4) is 0 Å². The standard InChI is InChI=1S/C22H27N3O3S/c1-2-19-9-6-10-21(17-19)23-22(26)18-24-12-14-25(15-13-24)29(27,28)16-11-20-7-4-3-5-8-20/h3-11,16-17H,2,12-15,18H2,1H3,(H,23,26)/b16-11+. The predicted molar refractivity (Wildman–Crippen MR) is 117 cm³/mol. The molecule has 154 valence electrons. The van der Waals surface area contributed by atoms with Gasteiger partial charge in [0.1, 0.15) is 0 Å². The molecule has 0 unspecified atom stereocenters. The number of carbonyl (C=O) groups excluding carboxylic acids is 1. The van der Waals surface area contributed by atoms with Gasteiger partial charge in [-0.25, -0.2) is 8.42 Å². The minimum absolute atomic E-state index is 0.0847. The van der Waals surface area contributed by atoms with Gasteiger partial charge < -0.3 is 5.32 Å². The molecule has 0 atom stereocenters. The summed E-state index contributed by atoms with van der Waals surface area (Å²) in [4.78, 5) is 14.3. The molecule has 2 aromatic rings. The lowest BCUT2D eigenvalue weighted by atomic mass is 10.1. The van der Waals surface area contributed by atoms with E-state index in [1.54, 1.807) is 6.08 Å². The highest BCUT2D eigenvalue weighted by atomic mass is 32.2. The van der Waals surface area contributed by atoms with Crippen LogP contribution in [0.3, 0.4) is 0 Å². The Kier molecular flexibility index (Phi) is 7.19. The molecule has 0 aliphatic carbocycles. The van der Waals surface area contributed by atoms with E-state index in [0.29, 0.717) is 26.2 Å². The Morgan fingerprint density at radius 2 is 1.76 bits per heavy atom. The predicted octanol–water partition coefficient (Wildman–Crippen LogP) is 2.81. The lowest BCUT2D eigenvalue weighted by Crippen LogP contribution is -2.49. The minimum Gasteiger partial charge on any atom is -0.325 e. The normalized spacial score (nSPS) is 16.2. The fourth-order valence-electron chi connectivity index (χ4n) is 3.23. The maximum absolute atomic E-state index is 12.5. The van der Waals surface area contributed by atoms with Gasteiger partial charge in [0.2, 0.25) is 15.9 Å². The van der Waals surface area contributed by atoms with Crippen LogP contribution in [0.25, 0.3) is 6.08 Å². The van der Waals surface area contributed by atoms with Crippen molar-refractivity contribution in [3.63, 3.8) is 0 Å². The molecule has 0 aromatic heterocycles. The average molecular weight is 414 g/mol. The molecule has 0 spiro atoms. The van der Waals surface area contributed by atoms with Gasteiger partial charge in [0.15, 0.2) is 0 Å². The molecule has 0 bridgehead atoms. The summed E-state index contributed by atoms with van der Waals surface area (Å²) in [6.07, 6.45) is 2.53. The van der Waals surface area contributed by atoms with Crippen molar-refractivity contribution in [2.75, 3.05) is 38.0 Å². The molecule has 1 heterocycles. The molecule has 1 fully saturated rings. The van der Waals surface area contributed by atoms with Gasteiger partial charge in [0, 0.05) is 37.3 Å². The average Bonchev–Trinajstić information content (AvgIpc) is 2.73. The Morgan fingerprint density at radius 3 is 2.45 bits per heavy atom. The molecule has 1 amide bonds. The molecule has 7 heteroatoms. The second-order valence-electron chi connectivity index (χ2n) is 7.04. The number of benzene rings is 2. The van der Waals surface area contributed by atoms with Gasteiger partial charge in [-0.15, -0.1) is 0 Å². The van der Waals surface area contributed by atoms with E-state index in [-0.39, 0.29) is 12.5 Å². The summed E-state index contributed by atoms with van der Waals surface area (Å²) < 4.78 is 26.5. The lowest BCUT2D eigenvalue weighted by Gasteiger charge is -2.32. The molecule has 1 aliphatic heterocycles. The number of sulfonamides is 1. The zero-order valence-electron chi connectivity index (χ0n) is 16.6. The Labute approximate surface area is 172 Å². The van der Waals surface area contributed by atoms with Gasteiger partial charge in [-0.05, 0) is 35.8 Å². The van der Waals surface area contributed by atoms with E-state index in [2.05, 4.69) is 12.2 Å². The maximum Gasteiger partial charge on any atom is 0.238 e. The molecule has 1 N–H and O–H groups in total. The van der Waals surface area contributed by atoms with E-state index < -0.39 is 10.0 Å². The van der Waals surface area contributed by atoms with E-state index in [1.165, 1.54) is 15.3 Å². The first-order valence-corrected chi connectivity index (χ1v) is 11.3. The zero-order valence-corrected chi connectivity index (χ0v) is 17.4. The smallest absolute Gasteiger partial charge is 0.238 e. The largest absolute Gasteiger partial charge is 0.325 e. The van der Waals surface area contributed by atoms with Crippen LogP contribution in [0.1, 0.15) is 18.1 Å². The second-order valence-corrected chi connectivity index (χ2v) is 8.85. The summed E-state index contributed by atoms with van der Waals surface area (Å²) in [6.45, 7) is 4.13. The first-order chi connectivity index (χ1) is 14.0. The number of nitrogens with one attached hydrogen (secondary N) is 1. The third kappa shape index (κ3) is 6.25. The highest BCUT2D eigenvalue weighted by Crippen LogP contribution is 2.13. The first-order valence-electron chi connectivity index (χ1n) is 9.81. The number of hydrogen-bond donors (Lipinski definition) is 1. The van der Waals surface area contributed by atoms with E-state index in [4.69, 9.17) is 0 Å². The van der Waals surface area contributed by atoms with Crippen molar-refractivity contribution in [3.05, 3.63) is 71.1 Å². The Hall–Kier alpha value is -2.48. The van der Waals surface area contributed by atoms with Crippen LogP contribution in [-0.4, -0.2) is 56.3 Å². The highest BCUT2D eigenvalue weighted by Gasteiger charge is 2.25. The molecule has 2 aromatic carbocycles. The number of rotatable bonds is 7. The molecule has 6 nitrogen and oxygen atoms in total. The van der Waals surface area contributed by atoms with Gasteiger partial charge in [0.25, 0.3) is 0 Å². The van der Waals surface area contributed by atoms with Crippen LogP contribution in [0.2, 0.25) is 0 Å². The monoisotopic (exact) mass is 413 g/mol. The van der Waals surface area contributed by atoms with Crippen molar-refractivity contribution in [1.29, 1.82) is 0 Å². The summed E-state index contributed by atoms with van der Waals surface area (Å²) in [5, 5.41) is 4.18. The molecule has 0 radical (unpaired) electrons. The van der Waals surface area contributed by atoms with Crippen LogP contribution in [0.15, 0.2) is 60.0 Å². The van der Waals surface area contributed by atoms with Crippen LogP contribution in [0.4, 0.5) is 5.69 Å². The molecular weight excluding hydrogens is 386 g/mol. The molecule has 29 heavy (non-hydrogen) atoms. The number of anilines is 1. The molecule has 1 saturated heterocycles. The van der Waals surface area contributed by atoms with Crippen molar-refractivity contribution >= 4 is 27.7 Å². The Bertz CT molecular complexity index is 950. The Morgan fingerprint density at radius 1 is 1.03 bits per heavy atom. The number of amides is 1. The van der Waals surface area contributed by atoms with Gasteiger partial charge >= 0.3 is 0 Å². The van der Waals surface area contributed by atoms with Crippen LogP contribution < -0.4 is 5.32 Å². The van der Waals surface area contributed by atoms with E-state index >= 15 is 0 Å². The number of aryl methyl sites for hydroxylation is 1. The third-order valence-corrected chi connectivity index (χ3v) is 6.47. The van der Waals surface area contributed by atoms with Crippen LogP contribution in [-0.2, 0) is 21.2 Å². The van der Waals surface area contributed by atoms with E-state index in [1.807, 2.05) is 59.5 Å². The number of nitrogens with zero attached hydrogens (tertiary/aromatic N) is 2. The summed E-state index contributed by atoms with van der Waals surface area (Å²) in [5.41, 5.74) is 2.81. The van der Waals surface area contributed by atoms with Gasteiger partial charge in [-0.1, -0.05) is 49.4 Å². The first kappa shape index (κ1) is 21.2. The van der Waals surface area contributed by atoms with Crippen molar-refractivity contribution in [2.45, 2.75) is 13.3 Å². The van der Waals surface area contributed by atoms with Crippen LogP contribution in [0, 0.1) is 0 Å². The van der Waals surface area contributed by atoms with Crippen molar-refractivity contribution in [1.82, 2.24) is 9.21 Å². The van der Waals surface area contributed by atoms with Gasteiger partial charge in [0.05, 0.1) is 6.54 Å². The summed E-state index contributed by atoms with van der Waals surface area (Å²) >= 11 is 0. The van der Waals surface area contributed by atoms with Crippen LogP contribution in [0.5, 0.6) is 0 Å². The second kappa shape index (κ2) is 9.82. The topological polar surface area (TPSA) is 69.7 Å². The molecule has 0 saturated carbocycles. The minimum atomic E-state index is -3.46. The fourth-order valence-corrected chi connectivity index (χ4v) is 4.40. The summed E-state index contributed by atoms with van der Waals surface area (Å²) in [6, 6.07) is 17.2. The van der Waals surface area contributed by atoms with Gasteiger partial charge in [-0.3, -0.25) is 9.69 Å². The highest BCUT2D eigenvalue weighted by molar-refractivity contribution is 7.92. The van der Waals surface area contributed by atoms with E-state index in [0.717, 1.165) is 17.7 Å². The maximum atomic E-state index is 12.5. The Balaban J connectivity index is 1.49. The molecule has 1 aliphatic rings. The number of carbonyl (C=O) groups is 1. The quantitative estimate of drug-likeness (QED) is 0.758. The van der Waals surface area contributed by atoms with Crippen LogP contribution >= 0.6 is 0 Å². The zero-order chi connectivity index (χ0) is 20.7. The molecule has 3 rings (SSSR count). The summed E-state index contributed by atoms with van der Waals surface area (Å²) in [7, 11) is -3.46. The SMILES string of the molecule is CCc1cccc(NC(=O)CN2CCN(S(=O)(=O)/C=C/c3ccccc3)CC2)c1. The lowest BCUT2D eigenvalue weighted by molar-refractivity contribution is -0.117.